The fourth-order valence-electron chi connectivity index (χ4n) is 2.77. The van der Waals surface area contributed by atoms with Gasteiger partial charge >= 0.3 is 6.18 Å². The van der Waals surface area contributed by atoms with E-state index >= 15 is 0 Å². The Labute approximate surface area is 158 Å². The monoisotopic (exact) mass is 417 g/mol. The predicted molar refractivity (Wildman–Crippen MR) is 88.1 cm³/mol. The minimum Gasteiger partial charge on any atom is -0.278 e. The van der Waals surface area contributed by atoms with Gasteiger partial charge in [-0.3, -0.25) is 9.69 Å². The summed E-state index contributed by atoms with van der Waals surface area (Å²) in [6.45, 7) is 0. The third kappa shape index (κ3) is 3.55. The zero-order valence-corrected chi connectivity index (χ0v) is 14.4. The number of halogens is 7. The number of anilines is 2. The number of aromatic nitrogens is 2. The molecule has 11 heteroatoms. The first-order valence-electron chi connectivity index (χ1n) is 7.84. The van der Waals surface area contributed by atoms with E-state index in [1.54, 1.807) is 0 Å². The van der Waals surface area contributed by atoms with Crippen LogP contribution in [0.25, 0.3) is 11.1 Å². The fraction of sp³-hybridized carbons (Fsp3) is 0.111. The van der Waals surface area contributed by atoms with E-state index in [2.05, 4.69) is 5.10 Å². The summed E-state index contributed by atoms with van der Waals surface area (Å²) in [5.41, 5.74) is -3.61. The van der Waals surface area contributed by atoms with E-state index in [4.69, 9.17) is 0 Å². The molecular weight excluding hydrogens is 407 g/mol. The highest BCUT2D eigenvalue weighted by Crippen LogP contribution is 2.42. The van der Waals surface area contributed by atoms with Crippen LogP contribution in [-0.2, 0) is 18.0 Å². The Balaban J connectivity index is 2.27. The van der Waals surface area contributed by atoms with Gasteiger partial charge in [0.15, 0.2) is 23.1 Å². The van der Waals surface area contributed by atoms with Crippen molar-refractivity contribution in [3.63, 3.8) is 0 Å². The maximum atomic E-state index is 14.4. The summed E-state index contributed by atoms with van der Waals surface area (Å²) >= 11 is 0. The van der Waals surface area contributed by atoms with Crippen molar-refractivity contribution in [2.45, 2.75) is 6.18 Å². The molecule has 0 aliphatic heterocycles. The molecule has 0 radical (unpaired) electrons. The van der Waals surface area contributed by atoms with E-state index in [-0.39, 0.29) is 23.2 Å². The Morgan fingerprint density at radius 2 is 1.62 bits per heavy atom. The Morgan fingerprint density at radius 3 is 2.17 bits per heavy atom. The SMILES string of the molecule is Cn1nc(C(F)(F)F)c(N(C=O)c2ccccc2-c2cc(F)c(F)c(F)c2)c1F. The lowest BCUT2D eigenvalue weighted by molar-refractivity contribution is -0.140. The highest BCUT2D eigenvalue weighted by atomic mass is 19.4. The summed E-state index contributed by atoms with van der Waals surface area (Å²) in [5, 5.41) is 3.06. The largest absolute Gasteiger partial charge is 0.437 e. The van der Waals surface area contributed by atoms with Crippen LogP contribution in [0.4, 0.5) is 42.1 Å². The van der Waals surface area contributed by atoms with Crippen LogP contribution in [0.1, 0.15) is 5.69 Å². The molecule has 0 aliphatic carbocycles. The normalized spacial score (nSPS) is 11.6. The number of aryl methyl sites for hydroxylation is 1. The zero-order chi connectivity index (χ0) is 21.5. The van der Waals surface area contributed by atoms with Gasteiger partial charge in [-0.25, -0.2) is 17.9 Å². The Bertz CT molecular complexity index is 1070. The Hall–Kier alpha value is -3.37. The summed E-state index contributed by atoms with van der Waals surface area (Å²) in [7, 11) is 0.910. The van der Waals surface area contributed by atoms with Crippen molar-refractivity contribution in [1.82, 2.24) is 9.78 Å². The van der Waals surface area contributed by atoms with Crippen LogP contribution in [0.15, 0.2) is 36.4 Å². The first kappa shape index (κ1) is 20.4. The first-order chi connectivity index (χ1) is 13.6. The molecule has 1 aromatic heterocycles. The van der Waals surface area contributed by atoms with Gasteiger partial charge in [-0.1, -0.05) is 18.2 Å². The molecule has 0 saturated carbocycles. The topological polar surface area (TPSA) is 38.1 Å². The molecule has 4 nitrogen and oxygen atoms in total. The molecular formula is C18H10F7N3O. The lowest BCUT2D eigenvalue weighted by atomic mass is 10.0. The second kappa shape index (κ2) is 7.22. The van der Waals surface area contributed by atoms with Gasteiger partial charge in [0.1, 0.15) is 5.69 Å². The van der Waals surface area contributed by atoms with E-state index < -0.39 is 41.0 Å². The van der Waals surface area contributed by atoms with Crippen molar-refractivity contribution in [1.29, 1.82) is 0 Å². The van der Waals surface area contributed by atoms with E-state index in [9.17, 15) is 35.5 Å². The second-order valence-corrected chi connectivity index (χ2v) is 5.86. The highest BCUT2D eigenvalue weighted by Gasteiger charge is 2.42. The number of alkyl halides is 3. The number of carbonyl (C=O) groups is 1. The minimum absolute atomic E-state index is 0.0929. The predicted octanol–water partition coefficient (Wildman–Crippen LogP) is 4.96. The van der Waals surface area contributed by atoms with Crippen LogP contribution < -0.4 is 4.90 Å². The van der Waals surface area contributed by atoms with Crippen LogP contribution in [-0.4, -0.2) is 16.2 Å². The van der Waals surface area contributed by atoms with Gasteiger partial charge in [0.25, 0.3) is 0 Å². The molecule has 0 unspecified atom stereocenters. The van der Waals surface area contributed by atoms with E-state index in [0.29, 0.717) is 21.7 Å². The standard InChI is InChI=1S/C18H10F7N3O/c1-27-17(22)15(16(26-27)18(23,24)25)28(8-29)13-5-3-2-4-10(13)9-6-11(19)14(21)12(20)7-9/h2-8H,1H3. The lowest BCUT2D eigenvalue weighted by Crippen LogP contribution is -2.20. The molecule has 29 heavy (non-hydrogen) atoms. The number of benzene rings is 2. The molecule has 0 bridgehead atoms. The zero-order valence-electron chi connectivity index (χ0n) is 14.4. The first-order valence-corrected chi connectivity index (χ1v) is 7.84. The quantitative estimate of drug-likeness (QED) is 0.342. The maximum absolute atomic E-state index is 14.4. The fourth-order valence-corrected chi connectivity index (χ4v) is 2.77. The molecule has 0 aliphatic rings. The summed E-state index contributed by atoms with van der Waals surface area (Å²) < 4.78 is 95.1. The van der Waals surface area contributed by atoms with Gasteiger partial charge in [-0.2, -0.15) is 22.7 Å². The smallest absolute Gasteiger partial charge is 0.278 e. The number of hydrogen-bond acceptors (Lipinski definition) is 2. The molecule has 0 fully saturated rings. The van der Waals surface area contributed by atoms with Crippen LogP contribution in [0.5, 0.6) is 0 Å². The van der Waals surface area contributed by atoms with E-state index in [1.807, 2.05) is 0 Å². The summed E-state index contributed by atoms with van der Waals surface area (Å²) in [6, 6.07) is 6.24. The van der Waals surface area contributed by atoms with E-state index in [1.165, 1.54) is 18.2 Å². The van der Waals surface area contributed by atoms with Gasteiger partial charge < -0.3 is 0 Å². The number of para-hydroxylation sites is 1. The molecule has 152 valence electrons. The highest BCUT2D eigenvalue weighted by molar-refractivity contribution is 5.94. The molecule has 1 heterocycles. The number of hydrogen-bond donors (Lipinski definition) is 0. The van der Waals surface area contributed by atoms with E-state index in [0.717, 1.165) is 13.1 Å². The molecule has 0 spiro atoms. The van der Waals surface area contributed by atoms with Gasteiger partial charge in [-0.15, -0.1) is 0 Å². The molecule has 0 atom stereocenters. The average Bonchev–Trinajstić information content (AvgIpc) is 2.96. The Kier molecular flexibility index (Phi) is 5.07. The summed E-state index contributed by atoms with van der Waals surface area (Å²) in [6.07, 6.45) is -5.19. The number of nitrogens with zero attached hydrogens (tertiary/aromatic N) is 3. The third-order valence-corrected chi connectivity index (χ3v) is 4.03. The number of carbonyl (C=O) groups excluding carboxylic acids is 1. The van der Waals surface area contributed by atoms with Gasteiger partial charge in [0, 0.05) is 12.6 Å². The molecule has 0 N–H and O–H groups in total. The molecule has 3 rings (SSSR count). The van der Waals surface area contributed by atoms with Crippen LogP contribution in [0.3, 0.4) is 0 Å². The van der Waals surface area contributed by atoms with Crippen LogP contribution in [0, 0.1) is 23.4 Å². The van der Waals surface area contributed by atoms with Gasteiger partial charge in [-0.05, 0) is 23.8 Å². The molecule has 2 aromatic carbocycles. The third-order valence-electron chi connectivity index (χ3n) is 4.03. The minimum atomic E-state index is -5.10. The van der Waals surface area contributed by atoms with Crippen molar-refractivity contribution in [3.8, 4) is 11.1 Å². The van der Waals surface area contributed by atoms with Crippen LogP contribution >= 0.6 is 0 Å². The van der Waals surface area contributed by atoms with Gasteiger partial charge in [0.2, 0.25) is 12.4 Å². The maximum Gasteiger partial charge on any atom is 0.437 e. The van der Waals surface area contributed by atoms with Crippen molar-refractivity contribution < 1.29 is 35.5 Å². The Morgan fingerprint density at radius 1 is 1.03 bits per heavy atom. The molecule has 3 aromatic rings. The van der Waals surface area contributed by atoms with Crippen molar-refractivity contribution in [2.75, 3.05) is 4.90 Å². The summed E-state index contributed by atoms with van der Waals surface area (Å²) in [5.74, 6) is -6.29. The molecule has 1 amide bonds. The van der Waals surface area contributed by atoms with Crippen molar-refractivity contribution in [3.05, 3.63) is 65.5 Å². The number of rotatable bonds is 4. The molecule has 0 saturated heterocycles. The average molecular weight is 417 g/mol. The second-order valence-electron chi connectivity index (χ2n) is 5.86. The van der Waals surface area contributed by atoms with Gasteiger partial charge in [0.05, 0.1) is 5.69 Å². The number of amides is 1. The van der Waals surface area contributed by atoms with Crippen LogP contribution in [0.2, 0.25) is 0 Å². The summed E-state index contributed by atoms with van der Waals surface area (Å²) in [4.78, 5) is 12.0. The lowest BCUT2D eigenvalue weighted by Gasteiger charge is -2.21. The van der Waals surface area contributed by atoms with Crippen molar-refractivity contribution in [2.24, 2.45) is 7.05 Å². The van der Waals surface area contributed by atoms with Crippen molar-refractivity contribution >= 4 is 17.8 Å².